The van der Waals surface area contributed by atoms with Crippen molar-refractivity contribution in [2.75, 3.05) is 7.11 Å². The van der Waals surface area contributed by atoms with Crippen LogP contribution in [0.25, 0.3) is 22.6 Å². The van der Waals surface area contributed by atoms with E-state index < -0.39 is 5.97 Å². The summed E-state index contributed by atoms with van der Waals surface area (Å²) in [6.45, 7) is 2.15. The summed E-state index contributed by atoms with van der Waals surface area (Å²) in [7, 11) is 1.65. The van der Waals surface area contributed by atoms with Crippen molar-refractivity contribution in [1.29, 1.82) is 0 Å². The molecule has 1 aromatic heterocycles. The Morgan fingerprint density at radius 3 is 2.79 bits per heavy atom. The van der Waals surface area contributed by atoms with Crippen molar-refractivity contribution >= 4 is 44.5 Å². The van der Waals surface area contributed by atoms with E-state index in [0.29, 0.717) is 28.8 Å². The molecular formula is C23H20BrNO3. The maximum atomic E-state index is 12.1. The molecule has 1 aliphatic carbocycles. The van der Waals surface area contributed by atoms with Crippen molar-refractivity contribution in [3.8, 4) is 5.75 Å². The molecule has 3 aromatic rings. The molecule has 1 N–H and O–H groups in total. The number of rotatable bonds is 3. The molecule has 142 valence electrons. The molecule has 1 aliphatic rings. The molecule has 2 aromatic carbocycles. The fraction of sp³-hybridized carbons (Fsp3) is 0.217. The molecule has 4 nitrogen and oxygen atoms in total. The quantitative estimate of drug-likeness (QED) is 0.559. The minimum Gasteiger partial charge on any atom is -0.496 e. The van der Waals surface area contributed by atoms with Crippen LogP contribution in [0.1, 0.15) is 40.5 Å². The van der Waals surface area contributed by atoms with Crippen molar-refractivity contribution in [2.24, 2.45) is 5.92 Å². The monoisotopic (exact) mass is 437 g/mol. The highest BCUT2D eigenvalue weighted by Gasteiger charge is 2.28. The normalized spacial score (nSPS) is 17.5. The lowest BCUT2D eigenvalue weighted by molar-refractivity contribution is 0.0697. The van der Waals surface area contributed by atoms with Gasteiger partial charge in [0.1, 0.15) is 5.75 Å². The highest BCUT2D eigenvalue weighted by molar-refractivity contribution is 9.10. The predicted molar refractivity (Wildman–Crippen MR) is 115 cm³/mol. The number of ether oxygens (including phenoxy) is 1. The largest absolute Gasteiger partial charge is 0.496 e. The van der Waals surface area contributed by atoms with Gasteiger partial charge < -0.3 is 9.84 Å². The van der Waals surface area contributed by atoms with E-state index in [1.807, 2.05) is 42.5 Å². The van der Waals surface area contributed by atoms with E-state index >= 15 is 0 Å². The molecule has 0 bridgehead atoms. The van der Waals surface area contributed by atoms with Gasteiger partial charge in [-0.05, 0) is 60.2 Å². The van der Waals surface area contributed by atoms with Gasteiger partial charge in [-0.1, -0.05) is 41.1 Å². The van der Waals surface area contributed by atoms with Gasteiger partial charge in [-0.3, -0.25) is 0 Å². The van der Waals surface area contributed by atoms with Crippen LogP contribution in [0.4, 0.5) is 0 Å². The maximum Gasteiger partial charge on any atom is 0.336 e. The van der Waals surface area contributed by atoms with Crippen molar-refractivity contribution < 1.29 is 14.6 Å². The fourth-order valence-corrected chi connectivity index (χ4v) is 4.36. The third-order valence-corrected chi connectivity index (χ3v) is 5.65. The van der Waals surface area contributed by atoms with Crippen molar-refractivity contribution in [1.82, 2.24) is 4.98 Å². The highest BCUT2D eigenvalue weighted by Crippen LogP contribution is 2.39. The Balaban J connectivity index is 2.00. The number of carbonyl (C=O) groups is 1. The molecule has 0 spiro atoms. The smallest absolute Gasteiger partial charge is 0.336 e. The SMILES string of the molecule is COc1ccc(Br)cc1C=C1CC(C)Cc2c1nc1ccccc1c2C(=O)O. The number of carboxylic acids is 1. The molecule has 28 heavy (non-hydrogen) atoms. The number of allylic oxidation sites excluding steroid dienone is 1. The van der Waals surface area contributed by atoms with E-state index in [1.165, 1.54) is 0 Å². The molecule has 5 heteroatoms. The van der Waals surface area contributed by atoms with E-state index in [0.717, 1.165) is 39.0 Å². The summed E-state index contributed by atoms with van der Waals surface area (Å²) in [5.74, 6) is 0.205. The second-order valence-electron chi connectivity index (χ2n) is 7.21. The van der Waals surface area contributed by atoms with E-state index in [9.17, 15) is 9.90 Å². The molecule has 4 rings (SSSR count). The second-order valence-corrected chi connectivity index (χ2v) is 8.12. The van der Waals surface area contributed by atoms with Gasteiger partial charge in [-0.15, -0.1) is 0 Å². The van der Waals surface area contributed by atoms with Crippen molar-refractivity contribution in [3.05, 3.63) is 69.3 Å². The molecular weight excluding hydrogens is 418 g/mol. The Morgan fingerprint density at radius 1 is 1.25 bits per heavy atom. The number of methoxy groups -OCH3 is 1. The number of aromatic nitrogens is 1. The first-order valence-electron chi connectivity index (χ1n) is 9.17. The van der Waals surface area contributed by atoms with Crippen LogP contribution < -0.4 is 4.74 Å². The number of aromatic carboxylic acids is 1. The minimum absolute atomic E-state index is 0.331. The van der Waals surface area contributed by atoms with Crippen LogP contribution in [0, 0.1) is 5.92 Å². The van der Waals surface area contributed by atoms with Crippen LogP contribution in [0.3, 0.4) is 0 Å². The standard InChI is InChI=1S/C23H20BrNO3/c1-13-9-15(11-14-12-16(24)7-8-20(14)28-2)22-18(10-13)21(23(26)27)17-5-3-4-6-19(17)25-22/h3-8,11-13H,9-10H2,1-2H3,(H,26,27). The summed E-state index contributed by atoms with van der Waals surface area (Å²) in [6, 6.07) is 13.3. The number of halogens is 1. The topological polar surface area (TPSA) is 59.4 Å². The molecule has 0 fully saturated rings. The number of fused-ring (bicyclic) bond motifs is 2. The summed E-state index contributed by atoms with van der Waals surface area (Å²) in [4.78, 5) is 17.0. The summed E-state index contributed by atoms with van der Waals surface area (Å²) >= 11 is 3.52. The van der Waals surface area contributed by atoms with Gasteiger partial charge in [-0.2, -0.15) is 0 Å². The number of para-hydroxylation sites is 1. The highest BCUT2D eigenvalue weighted by atomic mass is 79.9. The molecule has 1 heterocycles. The summed E-state index contributed by atoms with van der Waals surface area (Å²) in [6.07, 6.45) is 3.63. The van der Waals surface area contributed by atoms with E-state index in [1.54, 1.807) is 7.11 Å². The lowest BCUT2D eigenvalue weighted by Gasteiger charge is -2.26. The Kier molecular flexibility index (Phi) is 4.94. The van der Waals surface area contributed by atoms with E-state index in [-0.39, 0.29) is 0 Å². The summed E-state index contributed by atoms with van der Waals surface area (Å²) < 4.78 is 6.47. The lowest BCUT2D eigenvalue weighted by atomic mass is 9.80. The number of hydrogen-bond donors (Lipinski definition) is 1. The van der Waals surface area contributed by atoms with Gasteiger partial charge in [-0.25, -0.2) is 9.78 Å². The van der Waals surface area contributed by atoms with Crippen LogP contribution >= 0.6 is 15.9 Å². The molecule has 0 radical (unpaired) electrons. The van der Waals surface area contributed by atoms with Gasteiger partial charge in [0.2, 0.25) is 0 Å². The Labute approximate surface area is 172 Å². The molecule has 0 saturated heterocycles. The third-order valence-electron chi connectivity index (χ3n) is 5.15. The maximum absolute atomic E-state index is 12.1. The zero-order chi connectivity index (χ0) is 19.8. The molecule has 1 atom stereocenters. The van der Waals surface area contributed by atoms with Gasteiger partial charge >= 0.3 is 5.97 Å². The first kappa shape index (κ1) is 18.7. The first-order chi connectivity index (χ1) is 13.5. The lowest BCUT2D eigenvalue weighted by Crippen LogP contribution is -2.17. The zero-order valence-electron chi connectivity index (χ0n) is 15.7. The van der Waals surface area contributed by atoms with Gasteiger partial charge in [0, 0.05) is 15.4 Å². The Bertz CT molecular complexity index is 1120. The third kappa shape index (κ3) is 3.31. The molecule has 1 unspecified atom stereocenters. The van der Waals surface area contributed by atoms with Crippen LogP contribution in [0.2, 0.25) is 0 Å². The average Bonchev–Trinajstić information content (AvgIpc) is 2.66. The summed E-state index contributed by atoms with van der Waals surface area (Å²) in [5.41, 5.74) is 4.68. The fourth-order valence-electron chi connectivity index (χ4n) is 3.99. The van der Waals surface area contributed by atoms with Crippen LogP contribution in [-0.2, 0) is 6.42 Å². The predicted octanol–water partition coefficient (Wildman–Crippen LogP) is 5.83. The Morgan fingerprint density at radius 2 is 2.04 bits per heavy atom. The van der Waals surface area contributed by atoms with Crippen molar-refractivity contribution in [2.45, 2.75) is 19.8 Å². The van der Waals surface area contributed by atoms with Crippen LogP contribution in [0.15, 0.2) is 46.9 Å². The first-order valence-corrected chi connectivity index (χ1v) is 9.96. The summed E-state index contributed by atoms with van der Waals surface area (Å²) in [5, 5.41) is 10.6. The van der Waals surface area contributed by atoms with E-state index in [4.69, 9.17) is 9.72 Å². The number of nitrogens with zero attached hydrogens (tertiary/aromatic N) is 1. The number of hydrogen-bond acceptors (Lipinski definition) is 3. The van der Waals surface area contributed by atoms with Gasteiger partial charge in [0.15, 0.2) is 0 Å². The van der Waals surface area contributed by atoms with Gasteiger partial charge in [0.05, 0.1) is 23.9 Å². The second kappa shape index (κ2) is 7.40. The molecule has 0 amide bonds. The van der Waals surface area contributed by atoms with Gasteiger partial charge in [0.25, 0.3) is 0 Å². The Hall–Kier alpha value is -2.66. The molecule has 0 saturated carbocycles. The number of carboxylic acid groups (broad SMARTS) is 1. The van der Waals surface area contributed by atoms with Crippen LogP contribution in [-0.4, -0.2) is 23.2 Å². The minimum atomic E-state index is -0.900. The average molecular weight is 438 g/mol. The van der Waals surface area contributed by atoms with Crippen LogP contribution in [0.5, 0.6) is 5.75 Å². The number of benzene rings is 2. The molecule has 0 aliphatic heterocycles. The van der Waals surface area contributed by atoms with Crippen molar-refractivity contribution in [3.63, 3.8) is 0 Å². The number of pyridine rings is 1. The zero-order valence-corrected chi connectivity index (χ0v) is 17.3. The van der Waals surface area contributed by atoms with E-state index in [2.05, 4.69) is 28.9 Å².